The predicted molar refractivity (Wildman–Crippen MR) is 80.6 cm³/mol. The van der Waals surface area contributed by atoms with E-state index >= 15 is 0 Å². The molecule has 0 fully saturated rings. The Morgan fingerprint density at radius 2 is 1.11 bits per heavy atom. The molecule has 0 aromatic heterocycles. The SMILES string of the molecule is CC([C]=O)CCCCCCCCCCCCC[C]=O. The molecule has 2 radical (unpaired) electrons. The van der Waals surface area contributed by atoms with Crippen LogP contribution in [-0.4, -0.2) is 12.6 Å². The molecule has 1 atom stereocenters. The largest absolute Gasteiger partial charge is 0.291 e. The zero-order chi connectivity index (χ0) is 14.2. The van der Waals surface area contributed by atoms with Crippen LogP contribution in [0, 0.1) is 5.92 Å². The van der Waals surface area contributed by atoms with Gasteiger partial charge in [-0.25, -0.2) is 0 Å². The Morgan fingerprint density at radius 3 is 1.53 bits per heavy atom. The van der Waals surface area contributed by atoms with Crippen LogP contribution in [0.15, 0.2) is 0 Å². The second-order valence-corrected chi connectivity index (χ2v) is 5.59. The third kappa shape index (κ3) is 15.3. The smallest absolute Gasteiger partial charge is 0.201 e. The first-order chi connectivity index (χ1) is 9.31. The summed E-state index contributed by atoms with van der Waals surface area (Å²) in [5.74, 6) is 0.122. The summed E-state index contributed by atoms with van der Waals surface area (Å²) in [7, 11) is 0. The standard InChI is InChI=1S/C17H30O2/c1-17(16-19)14-12-10-8-6-4-2-3-5-7-9-11-13-15-18/h17H,2-14H2,1H3. The lowest BCUT2D eigenvalue weighted by atomic mass is 10.0. The Balaban J connectivity index is 2.99. The molecule has 0 aromatic rings. The summed E-state index contributed by atoms with van der Waals surface area (Å²) in [6.07, 6.45) is 19.5. The maximum absolute atomic E-state index is 10.3. The second kappa shape index (κ2) is 15.4. The molecule has 110 valence electrons. The van der Waals surface area contributed by atoms with Crippen molar-refractivity contribution >= 4 is 12.6 Å². The summed E-state index contributed by atoms with van der Waals surface area (Å²) in [6, 6.07) is 0. The highest BCUT2D eigenvalue weighted by Gasteiger charge is 1.99. The summed E-state index contributed by atoms with van der Waals surface area (Å²) in [4.78, 5) is 20.3. The number of hydrogen-bond acceptors (Lipinski definition) is 2. The Hall–Kier alpha value is -0.660. The van der Waals surface area contributed by atoms with E-state index in [1.807, 2.05) is 19.5 Å². The van der Waals surface area contributed by atoms with Crippen molar-refractivity contribution in [3.8, 4) is 0 Å². The van der Waals surface area contributed by atoms with Gasteiger partial charge < -0.3 is 0 Å². The Bertz CT molecular complexity index is 201. The predicted octanol–water partition coefficient (Wildman–Crippen LogP) is 4.91. The molecule has 0 heterocycles. The van der Waals surface area contributed by atoms with E-state index in [0.717, 1.165) is 12.8 Å². The molecule has 19 heavy (non-hydrogen) atoms. The summed E-state index contributed by atoms with van der Waals surface area (Å²) in [5, 5.41) is 0. The molecule has 0 saturated carbocycles. The topological polar surface area (TPSA) is 34.1 Å². The zero-order valence-corrected chi connectivity index (χ0v) is 12.6. The van der Waals surface area contributed by atoms with E-state index in [-0.39, 0.29) is 5.92 Å². The Morgan fingerprint density at radius 1 is 0.684 bits per heavy atom. The highest BCUT2D eigenvalue weighted by atomic mass is 16.1. The summed E-state index contributed by atoms with van der Waals surface area (Å²) >= 11 is 0. The van der Waals surface area contributed by atoms with Crippen LogP contribution in [0.3, 0.4) is 0 Å². The van der Waals surface area contributed by atoms with Crippen LogP contribution < -0.4 is 0 Å². The first kappa shape index (κ1) is 18.3. The molecule has 0 amide bonds. The fourth-order valence-electron chi connectivity index (χ4n) is 2.30. The highest BCUT2D eigenvalue weighted by molar-refractivity contribution is 5.53. The average Bonchev–Trinajstić information content (AvgIpc) is 2.43. The minimum Gasteiger partial charge on any atom is -0.291 e. The second-order valence-electron chi connectivity index (χ2n) is 5.59. The third-order valence-electron chi connectivity index (χ3n) is 3.62. The van der Waals surface area contributed by atoms with Gasteiger partial charge in [-0.15, -0.1) is 0 Å². The van der Waals surface area contributed by atoms with Crippen LogP contribution in [0.4, 0.5) is 0 Å². The first-order valence-electron chi connectivity index (χ1n) is 8.04. The molecule has 0 bridgehead atoms. The van der Waals surface area contributed by atoms with Crippen LogP contribution in [-0.2, 0) is 9.59 Å². The molecule has 0 aromatic carbocycles. The minimum absolute atomic E-state index is 0.122. The third-order valence-corrected chi connectivity index (χ3v) is 3.62. The molecule has 0 aliphatic heterocycles. The van der Waals surface area contributed by atoms with Gasteiger partial charge in [0.25, 0.3) is 0 Å². The summed E-state index contributed by atoms with van der Waals surface area (Å²) in [6.45, 7) is 1.94. The van der Waals surface area contributed by atoms with Gasteiger partial charge in [-0.3, -0.25) is 9.59 Å². The van der Waals surface area contributed by atoms with E-state index in [4.69, 9.17) is 0 Å². The van der Waals surface area contributed by atoms with Gasteiger partial charge in [0.15, 0.2) is 6.29 Å². The van der Waals surface area contributed by atoms with Crippen LogP contribution in [0.1, 0.15) is 90.4 Å². The number of carbonyl (C=O) groups excluding carboxylic acids is 2. The maximum atomic E-state index is 10.3. The van der Waals surface area contributed by atoms with Gasteiger partial charge >= 0.3 is 0 Å². The van der Waals surface area contributed by atoms with E-state index < -0.39 is 0 Å². The Kier molecular flexibility index (Phi) is 14.9. The number of rotatable bonds is 15. The quantitative estimate of drug-likeness (QED) is 0.394. The van der Waals surface area contributed by atoms with Crippen LogP contribution >= 0.6 is 0 Å². The zero-order valence-electron chi connectivity index (χ0n) is 12.6. The van der Waals surface area contributed by atoms with Gasteiger partial charge in [0.1, 0.15) is 0 Å². The maximum Gasteiger partial charge on any atom is 0.201 e. The van der Waals surface area contributed by atoms with Crippen molar-refractivity contribution in [3.05, 3.63) is 0 Å². The average molecular weight is 266 g/mol. The van der Waals surface area contributed by atoms with Gasteiger partial charge in [0.2, 0.25) is 6.29 Å². The first-order valence-corrected chi connectivity index (χ1v) is 8.04. The van der Waals surface area contributed by atoms with Crippen molar-refractivity contribution in [3.63, 3.8) is 0 Å². The van der Waals surface area contributed by atoms with Crippen molar-refractivity contribution in [1.82, 2.24) is 0 Å². The van der Waals surface area contributed by atoms with Crippen LogP contribution in [0.2, 0.25) is 0 Å². The molecule has 0 spiro atoms. The molecular weight excluding hydrogens is 236 g/mol. The normalized spacial score (nSPS) is 12.3. The molecule has 0 rings (SSSR count). The van der Waals surface area contributed by atoms with Crippen LogP contribution in [0.5, 0.6) is 0 Å². The molecule has 2 heteroatoms. The van der Waals surface area contributed by atoms with Crippen LogP contribution in [0.25, 0.3) is 0 Å². The number of unbranched alkanes of at least 4 members (excludes halogenated alkanes) is 11. The lowest BCUT2D eigenvalue weighted by molar-refractivity contribution is 0.497. The van der Waals surface area contributed by atoms with Gasteiger partial charge in [-0.05, 0) is 12.8 Å². The van der Waals surface area contributed by atoms with E-state index in [1.165, 1.54) is 64.2 Å². The highest BCUT2D eigenvalue weighted by Crippen LogP contribution is 2.13. The lowest BCUT2D eigenvalue weighted by Gasteiger charge is -2.03. The van der Waals surface area contributed by atoms with Gasteiger partial charge in [0.05, 0.1) is 0 Å². The molecule has 0 aliphatic rings. The van der Waals surface area contributed by atoms with E-state index in [1.54, 1.807) is 0 Å². The molecule has 0 N–H and O–H groups in total. The van der Waals surface area contributed by atoms with Crippen molar-refractivity contribution in [2.24, 2.45) is 5.92 Å². The van der Waals surface area contributed by atoms with Crippen molar-refractivity contribution in [1.29, 1.82) is 0 Å². The number of hydrogen-bond donors (Lipinski definition) is 0. The van der Waals surface area contributed by atoms with Crippen molar-refractivity contribution in [2.75, 3.05) is 0 Å². The monoisotopic (exact) mass is 266 g/mol. The van der Waals surface area contributed by atoms with E-state index in [9.17, 15) is 9.59 Å². The molecule has 0 saturated heterocycles. The minimum atomic E-state index is 0.122. The fourth-order valence-corrected chi connectivity index (χ4v) is 2.30. The van der Waals surface area contributed by atoms with Crippen molar-refractivity contribution in [2.45, 2.75) is 90.4 Å². The van der Waals surface area contributed by atoms with Gasteiger partial charge in [0, 0.05) is 12.3 Å². The summed E-state index contributed by atoms with van der Waals surface area (Å²) in [5.41, 5.74) is 0. The lowest BCUT2D eigenvalue weighted by Crippen LogP contribution is -1.94. The fraction of sp³-hybridized carbons (Fsp3) is 0.882. The molecular formula is C17H30O2. The molecule has 0 aliphatic carbocycles. The molecule has 2 nitrogen and oxygen atoms in total. The molecule has 1 unspecified atom stereocenters. The summed E-state index contributed by atoms with van der Waals surface area (Å²) < 4.78 is 0. The van der Waals surface area contributed by atoms with Crippen molar-refractivity contribution < 1.29 is 9.59 Å². The van der Waals surface area contributed by atoms with E-state index in [2.05, 4.69) is 0 Å². The van der Waals surface area contributed by atoms with E-state index in [0.29, 0.717) is 6.42 Å². The van der Waals surface area contributed by atoms with Gasteiger partial charge in [-0.1, -0.05) is 71.1 Å². The Labute approximate surface area is 119 Å². The van der Waals surface area contributed by atoms with Gasteiger partial charge in [-0.2, -0.15) is 0 Å².